The molecule has 170 valence electrons. The zero-order valence-corrected chi connectivity index (χ0v) is 19.9. The Kier molecular flexibility index (Phi) is 8.42. The van der Waals surface area contributed by atoms with Crippen LogP contribution in [-0.2, 0) is 4.79 Å². The van der Waals surface area contributed by atoms with Gasteiger partial charge in [-0.05, 0) is 24.8 Å². The average molecular weight is 472 g/mol. The van der Waals surface area contributed by atoms with Crippen LogP contribution in [0.1, 0.15) is 24.8 Å². The number of nitrogens with zero attached hydrogens (tertiary/aromatic N) is 5. The van der Waals surface area contributed by atoms with Crippen LogP contribution in [0.4, 0.5) is 5.82 Å². The SMILES string of the molecule is O=C(CSc1nc(Cl)cc(N2CCN(C/C=C/c3ccccc3)CC2)n1)N1CCCCC1. The lowest BCUT2D eigenvalue weighted by Gasteiger charge is -2.35. The van der Waals surface area contributed by atoms with E-state index in [-0.39, 0.29) is 5.91 Å². The van der Waals surface area contributed by atoms with Gasteiger partial charge in [0.2, 0.25) is 5.91 Å². The predicted molar refractivity (Wildman–Crippen MR) is 132 cm³/mol. The summed E-state index contributed by atoms with van der Waals surface area (Å²) < 4.78 is 0. The topological polar surface area (TPSA) is 52.6 Å². The summed E-state index contributed by atoms with van der Waals surface area (Å²) in [5.41, 5.74) is 1.23. The lowest BCUT2D eigenvalue weighted by atomic mass is 10.1. The monoisotopic (exact) mass is 471 g/mol. The number of piperidine rings is 1. The van der Waals surface area contributed by atoms with Gasteiger partial charge in [0.1, 0.15) is 11.0 Å². The van der Waals surface area contributed by atoms with Gasteiger partial charge >= 0.3 is 0 Å². The molecule has 0 spiro atoms. The second-order valence-corrected chi connectivity index (χ2v) is 9.49. The van der Waals surface area contributed by atoms with E-state index in [1.165, 1.54) is 23.7 Å². The first-order valence-electron chi connectivity index (χ1n) is 11.3. The molecule has 6 nitrogen and oxygen atoms in total. The Balaban J connectivity index is 1.27. The van der Waals surface area contributed by atoms with E-state index in [9.17, 15) is 4.79 Å². The number of aromatic nitrogens is 2. The van der Waals surface area contributed by atoms with Gasteiger partial charge in [-0.25, -0.2) is 9.97 Å². The number of anilines is 1. The van der Waals surface area contributed by atoms with E-state index in [1.54, 1.807) is 0 Å². The van der Waals surface area contributed by atoms with Gasteiger partial charge in [0.25, 0.3) is 0 Å². The number of thioether (sulfide) groups is 1. The van der Waals surface area contributed by atoms with Crippen LogP contribution in [-0.4, -0.2) is 77.2 Å². The molecule has 1 amide bonds. The molecular weight excluding hydrogens is 442 g/mol. The van der Waals surface area contributed by atoms with Crippen LogP contribution in [0.3, 0.4) is 0 Å². The highest BCUT2D eigenvalue weighted by molar-refractivity contribution is 7.99. The molecule has 4 rings (SSSR count). The standard InChI is InChI=1S/C24H30ClN5OS/c25-21-18-22(27-24(26-21)32-19-23(31)30-12-5-2-6-13-30)29-16-14-28(15-17-29)11-7-10-20-8-3-1-4-9-20/h1,3-4,7-10,18H,2,5-6,11-17,19H2/b10-7+. The lowest BCUT2D eigenvalue weighted by Crippen LogP contribution is -2.46. The van der Waals surface area contributed by atoms with E-state index >= 15 is 0 Å². The molecule has 8 heteroatoms. The third-order valence-corrected chi connectivity index (χ3v) is 6.89. The summed E-state index contributed by atoms with van der Waals surface area (Å²) >= 11 is 7.66. The molecule has 2 saturated heterocycles. The van der Waals surface area contributed by atoms with E-state index in [4.69, 9.17) is 16.6 Å². The Labute approximate surface area is 199 Å². The van der Waals surface area contributed by atoms with E-state index in [1.807, 2.05) is 17.0 Å². The number of benzene rings is 1. The number of carbonyl (C=O) groups is 1. The molecule has 0 N–H and O–H groups in total. The Bertz CT molecular complexity index is 912. The highest BCUT2D eigenvalue weighted by Gasteiger charge is 2.20. The summed E-state index contributed by atoms with van der Waals surface area (Å²) in [7, 11) is 0. The van der Waals surface area contributed by atoms with Gasteiger partial charge in [-0.1, -0.05) is 65.8 Å². The number of hydrogen-bond donors (Lipinski definition) is 0. The van der Waals surface area contributed by atoms with Gasteiger partial charge in [-0.3, -0.25) is 9.69 Å². The molecule has 2 aliphatic heterocycles. The second kappa shape index (κ2) is 11.7. The van der Waals surface area contributed by atoms with E-state index < -0.39 is 0 Å². The molecule has 32 heavy (non-hydrogen) atoms. The van der Waals surface area contributed by atoms with Crippen molar-refractivity contribution >= 4 is 41.2 Å². The number of hydrogen-bond acceptors (Lipinski definition) is 6. The van der Waals surface area contributed by atoms with Crippen LogP contribution in [0.2, 0.25) is 5.15 Å². The fourth-order valence-corrected chi connectivity index (χ4v) is 5.02. The third kappa shape index (κ3) is 6.70. The van der Waals surface area contributed by atoms with Crippen molar-refractivity contribution in [2.75, 3.05) is 56.5 Å². The summed E-state index contributed by atoms with van der Waals surface area (Å²) in [6.07, 6.45) is 7.81. The van der Waals surface area contributed by atoms with Gasteiger partial charge in [-0.15, -0.1) is 0 Å². The third-order valence-electron chi connectivity index (χ3n) is 5.86. The Morgan fingerprint density at radius 2 is 1.75 bits per heavy atom. The molecule has 0 aliphatic carbocycles. The fourth-order valence-electron chi connectivity index (χ4n) is 4.03. The number of amides is 1. The maximum absolute atomic E-state index is 12.5. The lowest BCUT2D eigenvalue weighted by molar-refractivity contribution is -0.129. The van der Waals surface area contributed by atoms with Gasteiger partial charge in [0.05, 0.1) is 5.75 Å². The molecule has 0 atom stereocenters. The number of carbonyl (C=O) groups excluding carboxylic acids is 1. The first kappa shape index (κ1) is 23.1. The fraction of sp³-hybridized carbons (Fsp3) is 0.458. The molecular formula is C24H30ClN5OS. The van der Waals surface area contributed by atoms with Gasteiger partial charge < -0.3 is 9.80 Å². The van der Waals surface area contributed by atoms with Gasteiger partial charge in [-0.2, -0.15) is 0 Å². The second-order valence-electron chi connectivity index (χ2n) is 8.16. The molecule has 2 aromatic rings. The van der Waals surface area contributed by atoms with Crippen molar-refractivity contribution < 1.29 is 4.79 Å². The summed E-state index contributed by atoms with van der Waals surface area (Å²) in [6, 6.07) is 12.2. The minimum Gasteiger partial charge on any atom is -0.354 e. The Hall–Kier alpha value is -2.09. The number of halogens is 1. The van der Waals surface area contributed by atoms with Crippen molar-refractivity contribution in [2.24, 2.45) is 0 Å². The van der Waals surface area contributed by atoms with Crippen LogP contribution in [0.15, 0.2) is 47.6 Å². The largest absolute Gasteiger partial charge is 0.354 e. The molecule has 0 unspecified atom stereocenters. The minimum absolute atomic E-state index is 0.164. The molecule has 0 saturated carbocycles. The van der Waals surface area contributed by atoms with E-state index in [0.717, 1.165) is 64.5 Å². The van der Waals surface area contributed by atoms with Gasteiger partial charge in [0, 0.05) is 51.9 Å². The van der Waals surface area contributed by atoms with E-state index in [0.29, 0.717) is 16.1 Å². The number of piperazine rings is 1. The average Bonchev–Trinajstić information content (AvgIpc) is 2.84. The quantitative estimate of drug-likeness (QED) is 0.344. The van der Waals surface area contributed by atoms with Crippen LogP contribution >= 0.6 is 23.4 Å². The van der Waals surface area contributed by atoms with E-state index in [2.05, 4.69) is 51.2 Å². The summed E-state index contributed by atoms with van der Waals surface area (Å²) in [6.45, 7) is 6.39. The molecule has 2 fully saturated rings. The molecule has 0 radical (unpaired) electrons. The van der Waals surface area contributed by atoms with Crippen LogP contribution in [0, 0.1) is 0 Å². The van der Waals surface area contributed by atoms with Crippen LogP contribution < -0.4 is 4.90 Å². The van der Waals surface area contributed by atoms with Crippen molar-refractivity contribution in [3.05, 3.63) is 53.2 Å². The minimum atomic E-state index is 0.164. The normalized spacial score (nSPS) is 17.8. The zero-order chi connectivity index (χ0) is 22.2. The Morgan fingerprint density at radius 3 is 2.50 bits per heavy atom. The maximum Gasteiger partial charge on any atom is 0.233 e. The zero-order valence-electron chi connectivity index (χ0n) is 18.3. The highest BCUT2D eigenvalue weighted by atomic mass is 35.5. The van der Waals surface area contributed by atoms with Gasteiger partial charge in [0.15, 0.2) is 5.16 Å². The van der Waals surface area contributed by atoms with Crippen molar-refractivity contribution in [3.8, 4) is 0 Å². The molecule has 2 aliphatic rings. The summed E-state index contributed by atoms with van der Waals surface area (Å²) in [5.74, 6) is 1.37. The number of rotatable bonds is 7. The van der Waals surface area contributed by atoms with Crippen molar-refractivity contribution in [2.45, 2.75) is 24.4 Å². The first-order chi connectivity index (χ1) is 15.7. The molecule has 3 heterocycles. The molecule has 1 aromatic carbocycles. The molecule has 1 aromatic heterocycles. The maximum atomic E-state index is 12.5. The summed E-state index contributed by atoms with van der Waals surface area (Å²) in [4.78, 5) is 28.1. The van der Waals surface area contributed by atoms with Crippen molar-refractivity contribution in [1.82, 2.24) is 19.8 Å². The van der Waals surface area contributed by atoms with Crippen molar-refractivity contribution in [1.29, 1.82) is 0 Å². The van der Waals surface area contributed by atoms with Crippen LogP contribution in [0.25, 0.3) is 6.08 Å². The van der Waals surface area contributed by atoms with Crippen LogP contribution in [0.5, 0.6) is 0 Å². The first-order valence-corrected chi connectivity index (χ1v) is 12.7. The predicted octanol–water partition coefficient (Wildman–Crippen LogP) is 4.07. The summed E-state index contributed by atoms with van der Waals surface area (Å²) in [5, 5.41) is 1.00. The van der Waals surface area contributed by atoms with Crippen molar-refractivity contribution in [3.63, 3.8) is 0 Å². The smallest absolute Gasteiger partial charge is 0.233 e. The molecule has 0 bridgehead atoms. The highest BCUT2D eigenvalue weighted by Crippen LogP contribution is 2.23. The Morgan fingerprint density at radius 1 is 1.00 bits per heavy atom. The number of likely N-dealkylation sites (tertiary alicyclic amines) is 1.